The Labute approximate surface area is 211 Å². The van der Waals surface area contributed by atoms with E-state index in [1.54, 1.807) is 0 Å². The highest BCUT2D eigenvalue weighted by Crippen LogP contribution is 2.23. The van der Waals surface area contributed by atoms with Crippen LogP contribution in [0.5, 0.6) is 0 Å². The van der Waals surface area contributed by atoms with Gasteiger partial charge in [-0.05, 0) is 43.4 Å². The molecule has 12 heteroatoms. The second-order valence-corrected chi connectivity index (χ2v) is 8.44. The van der Waals surface area contributed by atoms with E-state index in [0.29, 0.717) is 76.4 Å². The number of ether oxygens (including phenoxy) is 2. The average Bonchev–Trinajstić information content (AvgIpc) is 2.84. The lowest BCUT2D eigenvalue weighted by molar-refractivity contribution is -0.120. The molecule has 1 amide bonds. The van der Waals surface area contributed by atoms with Crippen molar-refractivity contribution in [1.29, 1.82) is 0 Å². The van der Waals surface area contributed by atoms with Gasteiger partial charge < -0.3 is 41.6 Å². The van der Waals surface area contributed by atoms with Gasteiger partial charge in [0, 0.05) is 38.0 Å². The van der Waals surface area contributed by atoms with Gasteiger partial charge in [-0.15, -0.1) is 0 Å². The van der Waals surface area contributed by atoms with E-state index in [4.69, 9.17) is 20.3 Å². The Bertz CT molecular complexity index is 911. The SMILES string of the molecule is NCCOCCOCCNC(=O)Cc1ccc(Nc2nc(NCCCO)nc(NC3CCC3)n2)cc1. The summed E-state index contributed by atoms with van der Waals surface area (Å²) < 4.78 is 10.6. The highest BCUT2D eigenvalue weighted by Gasteiger charge is 2.19. The summed E-state index contributed by atoms with van der Waals surface area (Å²) in [4.78, 5) is 25.6. The number of nitrogens with one attached hydrogen (secondary N) is 4. The number of benzene rings is 1. The zero-order valence-electron chi connectivity index (χ0n) is 20.7. The average molecular weight is 503 g/mol. The minimum Gasteiger partial charge on any atom is -0.396 e. The molecule has 0 aliphatic heterocycles. The Hall–Kier alpha value is -3.06. The van der Waals surface area contributed by atoms with Crippen LogP contribution in [0.15, 0.2) is 24.3 Å². The minimum absolute atomic E-state index is 0.0681. The van der Waals surface area contributed by atoms with E-state index in [0.717, 1.165) is 24.1 Å². The number of anilines is 4. The summed E-state index contributed by atoms with van der Waals surface area (Å²) in [6.07, 6.45) is 4.30. The number of nitrogens with zero attached hydrogens (tertiary/aromatic N) is 3. The largest absolute Gasteiger partial charge is 0.396 e. The van der Waals surface area contributed by atoms with E-state index in [1.807, 2.05) is 24.3 Å². The van der Waals surface area contributed by atoms with Crippen molar-refractivity contribution in [1.82, 2.24) is 20.3 Å². The van der Waals surface area contributed by atoms with Crippen molar-refractivity contribution in [3.63, 3.8) is 0 Å². The number of nitrogens with two attached hydrogens (primary N) is 1. The lowest BCUT2D eigenvalue weighted by atomic mass is 9.93. The zero-order valence-corrected chi connectivity index (χ0v) is 20.7. The summed E-state index contributed by atoms with van der Waals surface area (Å²) in [6, 6.07) is 7.94. The third-order valence-corrected chi connectivity index (χ3v) is 5.47. The molecule has 2 aromatic rings. The number of amides is 1. The third-order valence-electron chi connectivity index (χ3n) is 5.47. The number of aliphatic hydroxyl groups is 1. The quantitative estimate of drug-likeness (QED) is 0.161. The molecule has 1 fully saturated rings. The Kier molecular flexibility index (Phi) is 12.1. The van der Waals surface area contributed by atoms with Gasteiger partial charge >= 0.3 is 0 Å². The lowest BCUT2D eigenvalue weighted by Crippen LogP contribution is -2.29. The molecule has 198 valence electrons. The molecule has 0 unspecified atom stereocenters. The second-order valence-electron chi connectivity index (χ2n) is 8.44. The van der Waals surface area contributed by atoms with Crippen molar-refractivity contribution in [2.24, 2.45) is 5.73 Å². The molecule has 3 rings (SSSR count). The Morgan fingerprint density at radius 2 is 1.69 bits per heavy atom. The predicted octanol–water partition coefficient (Wildman–Crippen LogP) is 1.02. The standard InChI is InChI=1S/C24H38N8O4/c25-9-13-35-15-16-36-14-11-26-21(34)17-18-5-7-20(8-6-18)29-24-31-22(27-10-2-12-33)30-23(32-24)28-19-3-1-4-19/h5-8,19,33H,1-4,9-17,25H2,(H,26,34)(H3,27,28,29,30,31,32). The maximum atomic E-state index is 12.2. The van der Waals surface area contributed by atoms with E-state index < -0.39 is 0 Å². The normalized spacial score (nSPS) is 13.2. The monoisotopic (exact) mass is 502 g/mol. The van der Waals surface area contributed by atoms with Crippen LogP contribution < -0.4 is 27.0 Å². The number of hydrogen-bond donors (Lipinski definition) is 6. The molecule has 12 nitrogen and oxygen atoms in total. The van der Waals surface area contributed by atoms with Crippen LogP contribution in [-0.4, -0.2) is 84.7 Å². The van der Waals surface area contributed by atoms with Gasteiger partial charge in [0.2, 0.25) is 23.8 Å². The number of aromatic nitrogens is 3. The molecule has 1 aromatic heterocycles. The van der Waals surface area contributed by atoms with Crippen molar-refractivity contribution in [3.8, 4) is 0 Å². The fraction of sp³-hybridized carbons (Fsp3) is 0.583. The molecular formula is C24H38N8O4. The first-order valence-corrected chi connectivity index (χ1v) is 12.5. The molecule has 0 spiro atoms. The van der Waals surface area contributed by atoms with Gasteiger partial charge in [0.05, 0.1) is 32.8 Å². The molecular weight excluding hydrogens is 464 g/mol. The third kappa shape index (κ3) is 10.3. The first-order valence-electron chi connectivity index (χ1n) is 12.5. The summed E-state index contributed by atoms with van der Waals surface area (Å²) in [5, 5.41) is 21.5. The fourth-order valence-corrected chi connectivity index (χ4v) is 3.34. The van der Waals surface area contributed by atoms with Crippen molar-refractivity contribution < 1.29 is 19.4 Å². The van der Waals surface area contributed by atoms with E-state index in [2.05, 4.69) is 36.2 Å². The molecule has 1 aromatic carbocycles. The smallest absolute Gasteiger partial charge is 0.233 e. The molecule has 0 saturated heterocycles. The van der Waals surface area contributed by atoms with Gasteiger partial charge in [0.15, 0.2) is 0 Å². The van der Waals surface area contributed by atoms with Crippen LogP contribution in [0.1, 0.15) is 31.2 Å². The summed E-state index contributed by atoms with van der Waals surface area (Å²) in [5.74, 6) is 1.31. The molecule has 1 aliphatic rings. The van der Waals surface area contributed by atoms with Gasteiger partial charge in [-0.2, -0.15) is 15.0 Å². The molecule has 1 heterocycles. The molecule has 1 aliphatic carbocycles. The second kappa shape index (κ2) is 15.8. The molecule has 0 atom stereocenters. The van der Waals surface area contributed by atoms with Crippen molar-refractivity contribution in [2.45, 2.75) is 38.1 Å². The number of carbonyl (C=O) groups excluding carboxylic acids is 1. The van der Waals surface area contributed by atoms with Crippen molar-refractivity contribution in [3.05, 3.63) is 29.8 Å². The molecule has 0 radical (unpaired) electrons. The summed E-state index contributed by atoms with van der Waals surface area (Å²) in [5.41, 5.74) is 7.03. The molecule has 7 N–H and O–H groups in total. The first kappa shape index (κ1) is 27.5. The maximum absolute atomic E-state index is 12.2. The number of rotatable bonds is 18. The number of carbonyl (C=O) groups is 1. The molecule has 36 heavy (non-hydrogen) atoms. The van der Waals surface area contributed by atoms with E-state index in [1.165, 1.54) is 6.42 Å². The van der Waals surface area contributed by atoms with Crippen LogP contribution >= 0.6 is 0 Å². The zero-order chi connectivity index (χ0) is 25.4. The summed E-state index contributed by atoms with van der Waals surface area (Å²) in [6.45, 7) is 3.52. The highest BCUT2D eigenvalue weighted by molar-refractivity contribution is 5.78. The van der Waals surface area contributed by atoms with E-state index in [-0.39, 0.29) is 18.9 Å². The predicted molar refractivity (Wildman–Crippen MR) is 138 cm³/mol. The van der Waals surface area contributed by atoms with E-state index >= 15 is 0 Å². The minimum atomic E-state index is -0.0681. The van der Waals surface area contributed by atoms with Crippen LogP contribution in [-0.2, 0) is 20.7 Å². The fourth-order valence-electron chi connectivity index (χ4n) is 3.34. The first-order chi connectivity index (χ1) is 17.7. The van der Waals surface area contributed by atoms with Crippen molar-refractivity contribution >= 4 is 29.4 Å². The van der Waals surface area contributed by atoms with Gasteiger partial charge in [-0.25, -0.2) is 0 Å². The van der Waals surface area contributed by atoms with Crippen LogP contribution in [0.2, 0.25) is 0 Å². The van der Waals surface area contributed by atoms with E-state index in [9.17, 15) is 4.79 Å². The van der Waals surface area contributed by atoms with Gasteiger partial charge in [0.25, 0.3) is 0 Å². The number of aliphatic hydroxyl groups excluding tert-OH is 1. The van der Waals surface area contributed by atoms with Gasteiger partial charge in [0.1, 0.15) is 0 Å². The molecule has 0 bridgehead atoms. The Morgan fingerprint density at radius 3 is 2.39 bits per heavy atom. The maximum Gasteiger partial charge on any atom is 0.233 e. The van der Waals surface area contributed by atoms with Crippen molar-refractivity contribution in [2.75, 3.05) is 68.6 Å². The Morgan fingerprint density at radius 1 is 0.972 bits per heavy atom. The summed E-state index contributed by atoms with van der Waals surface area (Å²) >= 11 is 0. The van der Waals surface area contributed by atoms with Gasteiger partial charge in [-0.3, -0.25) is 4.79 Å². The lowest BCUT2D eigenvalue weighted by Gasteiger charge is -2.26. The van der Waals surface area contributed by atoms with Crippen LogP contribution in [0.3, 0.4) is 0 Å². The topological polar surface area (TPSA) is 169 Å². The van der Waals surface area contributed by atoms with Gasteiger partial charge in [-0.1, -0.05) is 12.1 Å². The highest BCUT2D eigenvalue weighted by atomic mass is 16.5. The summed E-state index contributed by atoms with van der Waals surface area (Å²) in [7, 11) is 0. The van der Waals surface area contributed by atoms with Crippen LogP contribution in [0, 0.1) is 0 Å². The molecule has 1 saturated carbocycles. The van der Waals surface area contributed by atoms with Crippen LogP contribution in [0.25, 0.3) is 0 Å². The Balaban J connectivity index is 1.45. The number of hydrogen-bond acceptors (Lipinski definition) is 11. The van der Waals surface area contributed by atoms with Crippen LogP contribution in [0.4, 0.5) is 23.5 Å².